The zero-order valence-electron chi connectivity index (χ0n) is 9.82. The standard InChI is InChI=1S/C13H18BrNO2/c14-12-8-10(9-15)3-4-13(12)17-7-5-11-2-1-6-16-11/h3-4,8,11H,1-2,5-7,9,15H2. The number of ether oxygens (including phenoxy) is 2. The van der Waals surface area contributed by atoms with Crippen LogP contribution in [0.4, 0.5) is 0 Å². The van der Waals surface area contributed by atoms with Gasteiger partial charge in [0.15, 0.2) is 0 Å². The summed E-state index contributed by atoms with van der Waals surface area (Å²) < 4.78 is 12.2. The molecular formula is C13H18BrNO2. The fraction of sp³-hybridized carbons (Fsp3) is 0.538. The molecule has 2 rings (SSSR count). The van der Waals surface area contributed by atoms with E-state index in [1.54, 1.807) is 0 Å². The highest BCUT2D eigenvalue weighted by atomic mass is 79.9. The maximum atomic E-state index is 5.73. The number of halogens is 1. The van der Waals surface area contributed by atoms with Crippen molar-refractivity contribution in [2.24, 2.45) is 5.73 Å². The summed E-state index contributed by atoms with van der Waals surface area (Å²) in [5, 5.41) is 0. The van der Waals surface area contributed by atoms with Gasteiger partial charge in [-0.15, -0.1) is 0 Å². The van der Waals surface area contributed by atoms with Crippen LogP contribution in [0.25, 0.3) is 0 Å². The van der Waals surface area contributed by atoms with Gasteiger partial charge in [0, 0.05) is 19.6 Å². The molecule has 1 aliphatic heterocycles. The van der Waals surface area contributed by atoms with Crippen LogP contribution in [0.15, 0.2) is 22.7 Å². The number of hydrogen-bond acceptors (Lipinski definition) is 3. The van der Waals surface area contributed by atoms with E-state index < -0.39 is 0 Å². The van der Waals surface area contributed by atoms with Crippen LogP contribution in [-0.4, -0.2) is 19.3 Å². The topological polar surface area (TPSA) is 44.5 Å². The lowest BCUT2D eigenvalue weighted by atomic mass is 10.2. The summed E-state index contributed by atoms with van der Waals surface area (Å²) in [5.41, 5.74) is 6.67. The molecule has 0 radical (unpaired) electrons. The lowest BCUT2D eigenvalue weighted by Crippen LogP contribution is -2.11. The molecule has 0 amide bonds. The summed E-state index contributed by atoms with van der Waals surface area (Å²) in [6.07, 6.45) is 3.69. The third-order valence-corrected chi connectivity index (χ3v) is 3.57. The zero-order chi connectivity index (χ0) is 12.1. The SMILES string of the molecule is NCc1ccc(OCCC2CCCO2)c(Br)c1. The molecule has 1 aromatic carbocycles. The first-order valence-electron chi connectivity index (χ1n) is 6.02. The Balaban J connectivity index is 1.81. The van der Waals surface area contributed by atoms with Gasteiger partial charge in [0.2, 0.25) is 0 Å². The molecule has 1 heterocycles. The minimum absolute atomic E-state index is 0.386. The largest absolute Gasteiger partial charge is 0.492 e. The van der Waals surface area contributed by atoms with Crippen LogP contribution < -0.4 is 10.5 Å². The average molecular weight is 300 g/mol. The normalized spacial score (nSPS) is 19.5. The molecule has 4 heteroatoms. The molecule has 1 unspecified atom stereocenters. The summed E-state index contributed by atoms with van der Waals surface area (Å²) >= 11 is 3.49. The minimum Gasteiger partial charge on any atom is -0.492 e. The highest BCUT2D eigenvalue weighted by Gasteiger charge is 2.15. The van der Waals surface area contributed by atoms with E-state index in [0.29, 0.717) is 19.3 Å². The van der Waals surface area contributed by atoms with Crippen LogP contribution in [-0.2, 0) is 11.3 Å². The molecule has 2 N–H and O–H groups in total. The Morgan fingerprint density at radius 3 is 3.00 bits per heavy atom. The Kier molecular flexibility index (Phi) is 4.83. The Morgan fingerprint density at radius 1 is 1.47 bits per heavy atom. The summed E-state index contributed by atoms with van der Waals surface area (Å²) in [7, 11) is 0. The predicted molar refractivity (Wildman–Crippen MR) is 71.1 cm³/mol. The third kappa shape index (κ3) is 3.69. The first kappa shape index (κ1) is 12.9. The van der Waals surface area contributed by atoms with E-state index >= 15 is 0 Å². The Hall–Kier alpha value is -0.580. The molecule has 0 aliphatic carbocycles. The molecular weight excluding hydrogens is 282 g/mol. The van der Waals surface area contributed by atoms with Crippen molar-refractivity contribution in [2.75, 3.05) is 13.2 Å². The summed E-state index contributed by atoms with van der Waals surface area (Å²) in [5.74, 6) is 0.875. The fourth-order valence-electron chi connectivity index (χ4n) is 1.96. The van der Waals surface area contributed by atoms with Gasteiger partial charge in [0.1, 0.15) is 5.75 Å². The van der Waals surface area contributed by atoms with Crippen LogP contribution in [0.2, 0.25) is 0 Å². The monoisotopic (exact) mass is 299 g/mol. The third-order valence-electron chi connectivity index (χ3n) is 2.95. The van der Waals surface area contributed by atoms with Gasteiger partial charge in [-0.2, -0.15) is 0 Å². The van der Waals surface area contributed by atoms with Crippen LogP contribution in [0, 0.1) is 0 Å². The van der Waals surface area contributed by atoms with Crippen molar-refractivity contribution in [2.45, 2.75) is 31.9 Å². The average Bonchev–Trinajstić information content (AvgIpc) is 2.84. The van der Waals surface area contributed by atoms with Gasteiger partial charge in [-0.05, 0) is 46.5 Å². The van der Waals surface area contributed by atoms with Crippen LogP contribution >= 0.6 is 15.9 Å². The second-order valence-electron chi connectivity index (χ2n) is 4.24. The van der Waals surface area contributed by atoms with Gasteiger partial charge in [0.25, 0.3) is 0 Å². The van der Waals surface area contributed by atoms with Gasteiger partial charge in [-0.3, -0.25) is 0 Å². The maximum Gasteiger partial charge on any atom is 0.133 e. The molecule has 0 saturated carbocycles. The molecule has 3 nitrogen and oxygen atoms in total. The lowest BCUT2D eigenvalue weighted by molar-refractivity contribution is 0.0902. The van der Waals surface area contributed by atoms with Crippen molar-refractivity contribution in [3.8, 4) is 5.75 Å². The molecule has 0 spiro atoms. The second kappa shape index (κ2) is 6.38. The number of hydrogen-bond donors (Lipinski definition) is 1. The number of nitrogens with two attached hydrogens (primary N) is 1. The zero-order valence-corrected chi connectivity index (χ0v) is 11.4. The number of benzene rings is 1. The smallest absolute Gasteiger partial charge is 0.133 e. The van der Waals surface area contributed by atoms with E-state index in [2.05, 4.69) is 15.9 Å². The summed E-state index contributed by atoms with van der Waals surface area (Å²) in [6, 6.07) is 5.95. The van der Waals surface area contributed by atoms with Gasteiger partial charge in [-0.25, -0.2) is 0 Å². The van der Waals surface area contributed by atoms with E-state index in [-0.39, 0.29) is 0 Å². The molecule has 17 heavy (non-hydrogen) atoms. The van der Waals surface area contributed by atoms with Gasteiger partial charge >= 0.3 is 0 Å². The lowest BCUT2D eigenvalue weighted by Gasteiger charge is -2.12. The van der Waals surface area contributed by atoms with Crippen molar-refractivity contribution in [3.63, 3.8) is 0 Å². The predicted octanol–water partition coefficient (Wildman–Crippen LogP) is 2.86. The highest BCUT2D eigenvalue weighted by molar-refractivity contribution is 9.10. The van der Waals surface area contributed by atoms with Crippen LogP contribution in [0.5, 0.6) is 5.75 Å². The second-order valence-corrected chi connectivity index (χ2v) is 5.10. The van der Waals surface area contributed by atoms with Gasteiger partial charge in [0.05, 0.1) is 17.2 Å². The fourth-order valence-corrected chi connectivity index (χ4v) is 2.50. The van der Waals surface area contributed by atoms with E-state index in [0.717, 1.165) is 35.2 Å². The molecule has 1 aliphatic rings. The van der Waals surface area contributed by atoms with E-state index in [1.165, 1.54) is 6.42 Å². The highest BCUT2D eigenvalue weighted by Crippen LogP contribution is 2.26. The van der Waals surface area contributed by atoms with Crippen LogP contribution in [0.1, 0.15) is 24.8 Å². The number of rotatable bonds is 5. The van der Waals surface area contributed by atoms with Crippen molar-refractivity contribution in [1.82, 2.24) is 0 Å². The van der Waals surface area contributed by atoms with Crippen molar-refractivity contribution < 1.29 is 9.47 Å². The minimum atomic E-state index is 0.386. The summed E-state index contributed by atoms with van der Waals surface area (Å²) in [4.78, 5) is 0. The Morgan fingerprint density at radius 2 is 2.35 bits per heavy atom. The first-order chi connectivity index (χ1) is 8.29. The Labute approximate surface area is 110 Å². The van der Waals surface area contributed by atoms with Crippen molar-refractivity contribution in [3.05, 3.63) is 28.2 Å². The molecule has 1 saturated heterocycles. The van der Waals surface area contributed by atoms with Crippen LogP contribution in [0.3, 0.4) is 0 Å². The molecule has 94 valence electrons. The summed E-state index contributed by atoms with van der Waals surface area (Å²) in [6.45, 7) is 2.15. The van der Waals surface area contributed by atoms with Crippen molar-refractivity contribution >= 4 is 15.9 Å². The van der Waals surface area contributed by atoms with E-state index in [9.17, 15) is 0 Å². The molecule has 1 atom stereocenters. The quantitative estimate of drug-likeness (QED) is 0.909. The maximum absolute atomic E-state index is 5.73. The molecule has 1 aromatic rings. The molecule has 0 aromatic heterocycles. The van der Waals surface area contributed by atoms with E-state index in [4.69, 9.17) is 15.2 Å². The molecule has 1 fully saturated rings. The first-order valence-corrected chi connectivity index (χ1v) is 6.82. The van der Waals surface area contributed by atoms with Crippen molar-refractivity contribution in [1.29, 1.82) is 0 Å². The van der Waals surface area contributed by atoms with Gasteiger partial charge in [-0.1, -0.05) is 6.07 Å². The van der Waals surface area contributed by atoms with Gasteiger partial charge < -0.3 is 15.2 Å². The molecule has 0 bridgehead atoms. The van der Waals surface area contributed by atoms with E-state index in [1.807, 2.05) is 18.2 Å². The Bertz CT molecular complexity index is 364.